The molecule has 0 radical (unpaired) electrons. The fourth-order valence-electron chi connectivity index (χ4n) is 1.55. The number of rotatable bonds is 4. The van der Waals surface area contributed by atoms with Crippen molar-refractivity contribution >= 4 is 5.78 Å². The van der Waals surface area contributed by atoms with Crippen LogP contribution in [0.5, 0.6) is 0 Å². The van der Waals surface area contributed by atoms with Gasteiger partial charge in [0.15, 0.2) is 5.78 Å². The van der Waals surface area contributed by atoms with Crippen molar-refractivity contribution in [3.8, 4) is 0 Å². The lowest BCUT2D eigenvalue weighted by atomic mass is 10.0. The molecule has 0 aromatic carbocycles. The third-order valence-electron chi connectivity index (χ3n) is 2.29. The third-order valence-corrected chi connectivity index (χ3v) is 2.29. The summed E-state index contributed by atoms with van der Waals surface area (Å²) in [5.74, 6) is 0.229. The van der Waals surface area contributed by atoms with Gasteiger partial charge in [-0.15, -0.1) is 0 Å². The summed E-state index contributed by atoms with van der Waals surface area (Å²) < 4.78 is 5.16. The van der Waals surface area contributed by atoms with Crippen molar-refractivity contribution < 1.29 is 9.53 Å². The quantitative estimate of drug-likeness (QED) is 0.658. The Morgan fingerprint density at radius 2 is 2.38 bits per heavy atom. The van der Waals surface area contributed by atoms with Crippen LogP contribution in [-0.4, -0.2) is 31.6 Å². The standard InChI is InChI=1S/C10H17NO2/c1-7(2)4-10(12)9-5-8(13-3)6-11-9/h8-9,11H,1,4-6H2,2-3H3. The molecule has 13 heavy (non-hydrogen) atoms. The number of nitrogens with one attached hydrogen (secondary N) is 1. The van der Waals surface area contributed by atoms with Crippen LogP contribution in [0.25, 0.3) is 0 Å². The summed E-state index contributed by atoms with van der Waals surface area (Å²) in [4.78, 5) is 11.5. The Hall–Kier alpha value is -0.670. The number of allylic oxidation sites excluding steroid dienone is 1. The van der Waals surface area contributed by atoms with Gasteiger partial charge >= 0.3 is 0 Å². The molecule has 1 fully saturated rings. The highest BCUT2D eigenvalue weighted by atomic mass is 16.5. The topological polar surface area (TPSA) is 38.3 Å². The van der Waals surface area contributed by atoms with Crippen molar-refractivity contribution in [2.45, 2.75) is 31.9 Å². The molecule has 3 heteroatoms. The van der Waals surface area contributed by atoms with E-state index >= 15 is 0 Å². The van der Waals surface area contributed by atoms with Crippen molar-refractivity contribution in [3.05, 3.63) is 12.2 Å². The van der Waals surface area contributed by atoms with Gasteiger partial charge in [-0.3, -0.25) is 4.79 Å². The molecule has 1 N–H and O–H groups in total. The van der Waals surface area contributed by atoms with Gasteiger partial charge in [-0.05, 0) is 13.3 Å². The summed E-state index contributed by atoms with van der Waals surface area (Å²) in [6.45, 7) is 6.38. The number of carbonyl (C=O) groups is 1. The molecule has 0 bridgehead atoms. The Morgan fingerprint density at radius 3 is 2.85 bits per heavy atom. The zero-order valence-electron chi connectivity index (χ0n) is 8.30. The van der Waals surface area contributed by atoms with Crippen LogP contribution in [0.15, 0.2) is 12.2 Å². The molecule has 3 nitrogen and oxygen atoms in total. The second kappa shape index (κ2) is 4.53. The van der Waals surface area contributed by atoms with E-state index in [1.165, 1.54) is 0 Å². The molecule has 2 unspecified atom stereocenters. The molecule has 0 aromatic heterocycles. The monoisotopic (exact) mass is 183 g/mol. The van der Waals surface area contributed by atoms with Crippen LogP contribution in [0.1, 0.15) is 19.8 Å². The van der Waals surface area contributed by atoms with Crippen LogP contribution in [0.2, 0.25) is 0 Å². The van der Waals surface area contributed by atoms with Gasteiger partial charge in [0.1, 0.15) is 0 Å². The zero-order chi connectivity index (χ0) is 9.84. The van der Waals surface area contributed by atoms with Gasteiger partial charge in [0.05, 0.1) is 12.1 Å². The molecule has 0 spiro atoms. The van der Waals surface area contributed by atoms with E-state index in [-0.39, 0.29) is 17.9 Å². The number of hydrogen-bond acceptors (Lipinski definition) is 3. The Morgan fingerprint density at radius 1 is 1.69 bits per heavy atom. The van der Waals surface area contributed by atoms with Crippen LogP contribution >= 0.6 is 0 Å². The van der Waals surface area contributed by atoms with E-state index in [1.807, 2.05) is 6.92 Å². The summed E-state index contributed by atoms with van der Waals surface area (Å²) in [5, 5.41) is 3.15. The third kappa shape index (κ3) is 2.94. The second-order valence-corrected chi connectivity index (χ2v) is 3.65. The molecular formula is C10H17NO2. The molecule has 1 aliphatic rings. The lowest BCUT2D eigenvalue weighted by Gasteiger charge is -2.08. The maximum absolute atomic E-state index is 11.5. The summed E-state index contributed by atoms with van der Waals surface area (Å²) in [6, 6.07) is -0.0263. The number of Topliss-reactive ketones (excluding diaryl/α,β-unsaturated/α-hetero) is 1. The number of ether oxygens (including phenoxy) is 1. The summed E-state index contributed by atoms with van der Waals surface area (Å²) in [5.41, 5.74) is 0.924. The smallest absolute Gasteiger partial charge is 0.153 e. The fraction of sp³-hybridized carbons (Fsp3) is 0.700. The number of ketones is 1. The van der Waals surface area contributed by atoms with Gasteiger partial charge in [-0.25, -0.2) is 0 Å². The van der Waals surface area contributed by atoms with E-state index in [2.05, 4.69) is 11.9 Å². The molecular weight excluding hydrogens is 166 g/mol. The SMILES string of the molecule is C=C(C)CC(=O)C1CC(OC)CN1. The lowest BCUT2D eigenvalue weighted by Crippen LogP contribution is -2.30. The Kier molecular flexibility index (Phi) is 3.63. The molecule has 1 rings (SSSR count). The minimum Gasteiger partial charge on any atom is -0.380 e. The van der Waals surface area contributed by atoms with Crippen LogP contribution in [0.4, 0.5) is 0 Å². The first kappa shape index (κ1) is 10.4. The van der Waals surface area contributed by atoms with Crippen LogP contribution in [-0.2, 0) is 9.53 Å². The van der Waals surface area contributed by atoms with Gasteiger partial charge in [-0.1, -0.05) is 12.2 Å². The molecule has 0 aliphatic carbocycles. The highest BCUT2D eigenvalue weighted by molar-refractivity contribution is 5.86. The molecule has 0 saturated carbocycles. The predicted octanol–water partition coefficient (Wildman–Crippen LogP) is 0.899. The maximum Gasteiger partial charge on any atom is 0.153 e. The number of carbonyl (C=O) groups excluding carboxylic acids is 1. The van der Waals surface area contributed by atoms with E-state index in [9.17, 15) is 4.79 Å². The Balaban J connectivity index is 2.37. The van der Waals surface area contributed by atoms with Crippen LogP contribution in [0.3, 0.4) is 0 Å². The van der Waals surface area contributed by atoms with Gasteiger partial charge in [0, 0.05) is 20.1 Å². The molecule has 0 aromatic rings. The normalized spacial score (nSPS) is 27.5. The second-order valence-electron chi connectivity index (χ2n) is 3.65. The van der Waals surface area contributed by atoms with Crippen molar-refractivity contribution in [3.63, 3.8) is 0 Å². The Labute approximate surface area is 79.2 Å². The molecule has 1 heterocycles. The first-order valence-corrected chi connectivity index (χ1v) is 4.56. The van der Waals surface area contributed by atoms with E-state index in [0.717, 1.165) is 18.5 Å². The zero-order valence-corrected chi connectivity index (χ0v) is 8.30. The van der Waals surface area contributed by atoms with Crippen LogP contribution in [0, 0.1) is 0 Å². The van der Waals surface area contributed by atoms with Gasteiger partial charge in [-0.2, -0.15) is 0 Å². The summed E-state index contributed by atoms with van der Waals surface area (Å²) in [6.07, 6.45) is 1.47. The molecule has 1 saturated heterocycles. The van der Waals surface area contributed by atoms with Crippen molar-refractivity contribution in [2.75, 3.05) is 13.7 Å². The van der Waals surface area contributed by atoms with Crippen molar-refractivity contribution in [1.29, 1.82) is 0 Å². The van der Waals surface area contributed by atoms with Gasteiger partial charge in [0.2, 0.25) is 0 Å². The minimum atomic E-state index is -0.0263. The average Bonchev–Trinajstić information content (AvgIpc) is 2.50. The van der Waals surface area contributed by atoms with E-state index < -0.39 is 0 Å². The van der Waals surface area contributed by atoms with E-state index in [4.69, 9.17) is 4.74 Å². The summed E-state index contributed by atoms with van der Waals surface area (Å²) in [7, 11) is 1.68. The van der Waals surface area contributed by atoms with E-state index in [1.54, 1.807) is 7.11 Å². The Bertz CT molecular complexity index is 213. The predicted molar refractivity (Wildman–Crippen MR) is 51.6 cm³/mol. The highest BCUT2D eigenvalue weighted by Gasteiger charge is 2.28. The summed E-state index contributed by atoms with van der Waals surface area (Å²) >= 11 is 0. The van der Waals surface area contributed by atoms with Crippen molar-refractivity contribution in [2.24, 2.45) is 0 Å². The number of methoxy groups -OCH3 is 1. The fourth-order valence-corrected chi connectivity index (χ4v) is 1.55. The maximum atomic E-state index is 11.5. The molecule has 1 aliphatic heterocycles. The molecule has 2 atom stereocenters. The average molecular weight is 183 g/mol. The number of hydrogen-bond donors (Lipinski definition) is 1. The first-order valence-electron chi connectivity index (χ1n) is 4.56. The van der Waals surface area contributed by atoms with Crippen molar-refractivity contribution in [1.82, 2.24) is 5.32 Å². The van der Waals surface area contributed by atoms with E-state index in [0.29, 0.717) is 6.42 Å². The molecule has 0 amide bonds. The molecule has 74 valence electrons. The largest absolute Gasteiger partial charge is 0.380 e. The minimum absolute atomic E-state index is 0.0263. The van der Waals surface area contributed by atoms with Gasteiger partial charge in [0.25, 0.3) is 0 Å². The highest BCUT2D eigenvalue weighted by Crippen LogP contribution is 2.13. The van der Waals surface area contributed by atoms with Crippen LogP contribution < -0.4 is 5.32 Å². The lowest BCUT2D eigenvalue weighted by molar-refractivity contribution is -0.120. The van der Waals surface area contributed by atoms with Gasteiger partial charge < -0.3 is 10.1 Å². The first-order chi connectivity index (χ1) is 6.13.